The lowest BCUT2D eigenvalue weighted by atomic mass is 9.95. The van der Waals surface area contributed by atoms with Crippen LogP contribution in [0.25, 0.3) is 0 Å². The lowest BCUT2D eigenvalue weighted by molar-refractivity contribution is -0.284. The molecule has 0 atom stereocenters. The van der Waals surface area contributed by atoms with Gasteiger partial charge in [-0.15, -0.1) is 0 Å². The Morgan fingerprint density at radius 1 is 0.516 bits per heavy atom. The molecule has 0 aliphatic rings. The molecule has 0 aliphatic heterocycles. The third-order valence-corrected chi connectivity index (χ3v) is 4.44. The zero-order valence-electron chi connectivity index (χ0n) is 18.6. The molecule has 0 N–H and O–H groups in total. The first-order chi connectivity index (χ1) is 13.7. The molecule has 31 heavy (non-hydrogen) atoms. The van der Waals surface area contributed by atoms with Crippen molar-refractivity contribution in [1.29, 1.82) is 0 Å². The minimum absolute atomic E-state index is 0.511. The van der Waals surface area contributed by atoms with Crippen molar-refractivity contribution in [2.24, 2.45) is 0 Å². The smallest absolute Gasteiger partial charge is 0.331 e. The minimum Gasteiger partial charge on any atom is -0.331 e. The number of ketones is 2. The van der Waals surface area contributed by atoms with E-state index in [1.54, 1.807) is 0 Å². The molecule has 0 radical (unpaired) electrons. The fourth-order valence-electron chi connectivity index (χ4n) is 3.12. The van der Waals surface area contributed by atoms with E-state index < -0.39 is 65.3 Å². The van der Waals surface area contributed by atoms with Gasteiger partial charge in [0, 0.05) is 24.2 Å². The van der Waals surface area contributed by atoms with Crippen LogP contribution in [0.2, 0.25) is 0 Å². The first-order valence-electron chi connectivity index (χ1n) is 9.55. The summed E-state index contributed by atoms with van der Waals surface area (Å²) in [7, 11) is 0. The lowest BCUT2D eigenvalue weighted by Gasteiger charge is -2.35. The van der Waals surface area contributed by atoms with E-state index >= 15 is 0 Å². The Bertz CT molecular complexity index is 646. The van der Waals surface area contributed by atoms with Gasteiger partial charge in [0.25, 0.3) is 23.4 Å². The number of alkyl halides is 6. The molecular weight excluding hydrogens is 434 g/mol. The maximum atomic E-state index is 14.3. The van der Waals surface area contributed by atoms with Gasteiger partial charge in [0.15, 0.2) is 0 Å². The Kier molecular flexibility index (Phi) is 8.90. The summed E-state index contributed by atoms with van der Waals surface area (Å²) in [6, 6.07) is -3.57. The Morgan fingerprint density at radius 2 is 0.710 bits per heavy atom. The Labute approximate surface area is 176 Å². The molecule has 180 valence electrons. The molecule has 0 aliphatic carbocycles. The quantitative estimate of drug-likeness (QED) is 0.369. The highest BCUT2D eigenvalue weighted by Crippen LogP contribution is 2.47. The number of hydrogen-bond acceptors (Lipinski definition) is 4. The van der Waals surface area contributed by atoms with Crippen LogP contribution in [0.1, 0.15) is 55.4 Å². The van der Waals surface area contributed by atoms with Gasteiger partial charge < -0.3 is 9.80 Å². The Morgan fingerprint density at radius 3 is 0.871 bits per heavy atom. The molecule has 0 saturated carbocycles. The molecule has 0 aromatic rings. The van der Waals surface area contributed by atoms with E-state index in [1.165, 1.54) is 55.4 Å². The molecular formula is C19H28F6N2O4. The summed E-state index contributed by atoms with van der Waals surface area (Å²) in [5, 5.41) is 0. The highest BCUT2D eigenvalue weighted by Gasteiger charge is 2.79. The van der Waals surface area contributed by atoms with E-state index in [2.05, 4.69) is 0 Å². The molecule has 6 nitrogen and oxygen atoms in total. The van der Waals surface area contributed by atoms with Crippen LogP contribution in [0.3, 0.4) is 0 Å². The van der Waals surface area contributed by atoms with Crippen LogP contribution >= 0.6 is 0 Å². The van der Waals surface area contributed by atoms with E-state index in [1.807, 2.05) is 0 Å². The molecule has 0 rings (SSSR count). The second kappa shape index (κ2) is 9.56. The molecule has 0 aromatic heterocycles. The number of nitrogens with zero attached hydrogens (tertiary/aromatic N) is 2. The summed E-state index contributed by atoms with van der Waals surface area (Å²) in [6.45, 7) is 10.4. The summed E-state index contributed by atoms with van der Waals surface area (Å²) in [5.74, 6) is -29.6. The van der Waals surface area contributed by atoms with Gasteiger partial charge in [-0.25, -0.2) is 0 Å². The number of rotatable bonds is 10. The van der Waals surface area contributed by atoms with Crippen molar-refractivity contribution in [3.8, 4) is 0 Å². The number of amides is 2. The molecule has 2 amide bonds. The SMILES string of the molecule is CC(C)N(C(=O)C(=O)C(F)(F)C(F)(F)C(F)(F)C(=O)C(=O)N(C(C)C)C(C)C)C(C)C. The predicted molar refractivity (Wildman–Crippen MR) is 99.1 cm³/mol. The summed E-state index contributed by atoms with van der Waals surface area (Å²) in [4.78, 5) is 49.0. The zero-order valence-corrected chi connectivity index (χ0v) is 18.6. The summed E-state index contributed by atoms with van der Waals surface area (Å²) >= 11 is 0. The van der Waals surface area contributed by atoms with Crippen molar-refractivity contribution in [2.45, 2.75) is 97.3 Å². The van der Waals surface area contributed by atoms with Gasteiger partial charge in [0.1, 0.15) is 0 Å². The van der Waals surface area contributed by atoms with Gasteiger partial charge in [0.2, 0.25) is 0 Å². The van der Waals surface area contributed by atoms with Crippen LogP contribution in [0.5, 0.6) is 0 Å². The van der Waals surface area contributed by atoms with Gasteiger partial charge in [-0.05, 0) is 55.4 Å². The van der Waals surface area contributed by atoms with Crippen LogP contribution in [0, 0.1) is 0 Å². The van der Waals surface area contributed by atoms with Crippen LogP contribution < -0.4 is 0 Å². The molecule has 0 fully saturated rings. The fraction of sp³-hybridized carbons (Fsp3) is 0.789. The van der Waals surface area contributed by atoms with Gasteiger partial charge >= 0.3 is 17.8 Å². The average Bonchev–Trinajstić information content (AvgIpc) is 2.58. The molecule has 0 spiro atoms. The second-order valence-electron chi connectivity index (χ2n) is 8.18. The maximum Gasteiger partial charge on any atom is 0.387 e. The topological polar surface area (TPSA) is 74.8 Å². The third-order valence-electron chi connectivity index (χ3n) is 4.44. The van der Waals surface area contributed by atoms with Crippen molar-refractivity contribution in [3.63, 3.8) is 0 Å². The van der Waals surface area contributed by atoms with Crippen LogP contribution in [-0.2, 0) is 19.2 Å². The molecule has 0 heterocycles. The number of halogens is 6. The van der Waals surface area contributed by atoms with Crippen LogP contribution in [-0.4, -0.2) is 75.1 Å². The summed E-state index contributed by atoms with van der Waals surface area (Å²) in [6.07, 6.45) is 0. The van der Waals surface area contributed by atoms with Gasteiger partial charge in [-0.3, -0.25) is 19.2 Å². The first-order valence-corrected chi connectivity index (χ1v) is 9.55. The zero-order chi connectivity index (χ0) is 25.3. The Balaban J connectivity index is 6.24. The third kappa shape index (κ3) is 5.20. The fourth-order valence-corrected chi connectivity index (χ4v) is 3.12. The maximum absolute atomic E-state index is 14.3. The normalized spacial score (nSPS) is 13.2. The minimum atomic E-state index is -6.64. The number of carbonyl (C=O) groups excluding carboxylic acids is 4. The molecule has 12 heteroatoms. The number of Topliss-reactive ketones (excluding diaryl/α,β-unsaturated/α-hetero) is 2. The van der Waals surface area contributed by atoms with E-state index in [-0.39, 0.29) is 0 Å². The van der Waals surface area contributed by atoms with Gasteiger partial charge in [-0.1, -0.05) is 0 Å². The van der Waals surface area contributed by atoms with Crippen molar-refractivity contribution >= 4 is 23.4 Å². The molecule has 0 saturated heterocycles. The van der Waals surface area contributed by atoms with Gasteiger partial charge in [-0.2, -0.15) is 26.3 Å². The van der Waals surface area contributed by atoms with Crippen molar-refractivity contribution in [3.05, 3.63) is 0 Å². The largest absolute Gasteiger partial charge is 0.387 e. The summed E-state index contributed by atoms with van der Waals surface area (Å²) in [5.41, 5.74) is 0. The van der Waals surface area contributed by atoms with Crippen molar-refractivity contribution < 1.29 is 45.5 Å². The van der Waals surface area contributed by atoms with E-state index in [9.17, 15) is 45.5 Å². The van der Waals surface area contributed by atoms with Gasteiger partial charge in [0.05, 0.1) is 0 Å². The average molecular weight is 462 g/mol. The second-order valence-corrected chi connectivity index (χ2v) is 8.18. The highest BCUT2D eigenvalue weighted by atomic mass is 19.3. The number of carbonyl (C=O) groups is 4. The van der Waals surface area contributed by atoms with Crippen molar-refractivity contribution in [1.82, 2.24) is 9.80 Å². The lowest BCUT2D eigenvalue weighted by Crippen LogP contribution is -2.66. The van der Waals surface area contributed by atoms with Crippen molar-refractivity contribution in [2.75, 3.05) is 0 Å². The van der Waals surface area contributed by atoms with Crippen LogP contribution in [0.15, 0.2) is 0 Å². The first kappa shape index (κ1) is 28.9. The number of hydrogen-bond donors (Lipinski definition) is 0. The van der Waals surface area contributed by atoms with Crippen LogP contribution in [0.4, 0.5) is 26.3 Å². The standard InChI is InChI=1S/C19H28F6N2O4/c1-9(2)26(10(3)4)15(30)13(28)17(20,21)19(24,25)18(22,23)14(29)16(31)27(11(5)6)12(7)8/h9-12H,1-8H3. The molecule has 0 bridgehead atoms. The van der Waals surface area contributed by atoms with E-state index in [4.69, 9.17) is 0 Å². The highest BCUT2D eigenvalue weighted by molar-refractivity contribution is 6.41. The molecule has 0 unspecified atom stereocenters. The molecule has 0 aromatic carbocycles. The summed E-state index contributed by atoms with van der Waals surface area (Å²) < 4.78 is 85.6. The predicted octanol–water partition coefficient (Wildman–Crippen LogP) is 3.32. The monoisotopic (exact) mass is 462 g/mol. The van der Waals surface area contributed by atoms with E-state index in [0.29, 0.717) is 9.80 Å². The Hall–Kier alpha value is -2.14. The van der Waals surface area contributed by atoms with E-state index in [0.717, 1.165) is 0 Å².